The summed E-state index contributed by atoms with van der Waals surface area (Å²) in [6.07, 6.45) is 2.10. The minimum absolute atomic E-state index is 0.0900. The summed E-state index contributed by atoms with van der Waals surface area (Å²) in [6, 6.07) is 12.8. The monoisotopic (exact) mass is 419 g/mol. The number of aliphatic hydroxyl groups is 1. The van der Waals surface area contributed by atoms with Crippen LogP contribution >= 0.6 is 0 Å². The Bertz CT molecular complexity index is 992. The zero-order valence-electron chi connectivity index (χ0n) is 16.0. The van der Waals surface area contributed by atoms with Gasteiger partial charge in [-0.05, 0) is 42.1 Å². The van der Waals surface area contributed by atoms with E-state index in [-0.39, 0.29) is 28.9 Å². The van der Waals surface area contributed by atoms with E-state index >= 15 is 0 Å². The van der Waals surface area contributed by atoms with E-state index in [4.69, 9.17) is 16.8 Å². The molecule has 156 valence electrons. The van der Waals surface area contributed by atoms with Gasteiger partial charge in [0.1, 0.15) is 0 Å². The van der Waals surface area contributed by atoms with E-state index in [1.807, 2.05) is 24.3 Å². The van der Waals surface area contributed by atoms with Crippen molar-refractivity contribution in [3.05, 3.63) is 53.6 Å². The lowest BCUT2D eigenvalue weighted by Gasteiger charge is -2.22. The van der Waals surface area contributed by atoms with Crippen LogP contribution in [0.5, 0.6) is 0 Å². The molecule has 0 spiro atoms. The molecule has 3 rings (SSSR count). The number of rotatable bonds is 6. The van der Waals surface area contributed by atoms with Crippen LogP contribution in [-0.4, -0.2) is 43.5 Å². The second-order valence-corrected chi connectivity index (χ2v) is 8.56. The van der Waals surface area contributed by atoms with Crippen molar-refractivity contribution in [3.63, 3.8) is 0 Å². The summed E-state index contributed by atoms with van der Waals surface area (Å²) in [7, 11) is -4.00. The highest BCUT2D eigenvalue weighted by molar-refractivity contribution is 7.89. The fraction of sp³-hybridized carbons (Fsp3) is 0.316. The average Bonchev–Trinajstić information content (AvgIpc) is 3.16. The number of nitrogens with zero attached hydrogens (tertiary/aromatic N) is 1. The lowest BCUT2D eigenvalue weighted by atomic mass is 9.97. The first-order chi connectivity index (χ1) is 13.9. The zero-order chi connectivity index (χ0) is 21.0. The van der Waals surface area contributed by atoms with E-state index in [0.717, 1.165) is 37.1 Å². The molecule has 0 aromatic heterocycles. The Kier molecular flexibility index (Phi) is 6.50. The number of benzene rings is 2. The van der Waals surface area contributed by atoms with Gasteiger partial charge in [0, 0.05) is 12.6 Å². The SMILES string of the molecule is NNC(=[NH+]N)c1c(-c2ccc(CN3CCCC3CO)cc2)cccc1S(N)(=O)=O. The summed E-state index contributed by atoms with van der Waals surface area (Å²) in [5, 5.41) is 17.3. The van der Waals surface area contributed by atoms with Gasteiger partial charge in [-0.25, -0.2) is 13.6 Å². The predicted molar refractivity (Wildman–Crippen MR) is 110 cm³/mol. The Labute approximate surface area is 170 Å². The van der Waals surface area contributed by atoms with E-state index in [1.165, 1.54) is 6.07 Å². The maximum atomic E-state index is 12.1. The molecule has 1 saturated heterocycles. The molecular weight excluding hydrogens is 392 g/mol. The van der Waals surface area contributed by atoms with Gasteiger partial charge >= 0.3 is 5.84 Å². The van der Waals surface area contributed by atoms with Gasteiger partial charge in [-0.2, -0.15) is 16.4 Å². The third kappa shape index (κ3) is 4.57. The molecule has 10 heteroatoms. The van der Waals surface area contributed by atoms with Gasteiger partial charge in [0.25, 0.3) is 0 Å². The molecule has 1 heterocycles. The molecule has 2 aromatic rings. The highest BCUT2D eigenvalue weighted by atomic mass is 32.2. The molecule has 0 amide bonds. The fourth-order valence-corrected chi connectivity index (χ4v) is 4.55. The van der Waals surface area contributed by atoms with Crippen molar-refractivity contribution in [2.75, 3.05) is 13.2 Å². The Morgan fingerprint density at radius 1 is 1.24 bits per heavy atom. The first kappa shape index (κ1) is 21.2. The summed E-state index contributed by atoms with van der Waals surface area (Å²) >= 11 is 0. The highest BCUT2D eigenvalue weighted by Crippen LogP contribution is 2.29. The lowest BCUT2D eigenvalue weighted by molar-refractivity contribution is -0.471. The summed E-state index contributed by atoms with van der Waals surface area (Å²) in [4.78, 5) is 2.18. The maximum absolute atomic E-state index is 12.1. The Balaban J connectivity index is 1.98. The Morgan fingerprint density at radius 2 is 1.97 bits per heavy atom. The van der Waals surface area contributed by atoms with Crippen LogP contribution in [0.25, 0.3) is 11.1 Å². The molecule has 1 aliphatic rings. The first-order valence-electron chi connectivity index (χ1n) is 9.29. The number of nitrogens with two attached hydrogens (primary N) is 3. The fourth-order valence-electron chi connectivity index (χ4n) is 3.79. The number of hydrogen-bond acceptors (Lipinski definition) is 6. The quantitative estimate of drug-likeness (QED) is 0.138. The second kappa shape index (κ2) is 8.89. The van der Waals surface area contributed by atoms with Gasteiger partial charge in [0.15, 0.2) is 0 Å². The number of likely N-dealkylation sites (tertiary alicyclic amines) is 1. The molecule has 2 aromatic carbocycles. The standard InChI is InChI=1S/C19H26N6O3S/c20-23-19(24-21)18-16(4-1-5-17(18)29(22,27)28)14-8-6-13(7-9-14)11-25-10-2-3-15(25)12-26/h1,4-9,15,26H,2-3,10-12,20-21H2,(H,23,24)(H2,22,27,28)/p+1. The lowest BCUT2D eigenvalue weighted by Crippen LogP contribution is -2.83. The molecule has 0 aliphatic carbocycles. The topological polar surface area (TPSA) is 162 Å². The number of primary sulfonamides is 1. The number of amidine groups is 1. The molecule has 0 saturated carbocycles. The number of hydrazone groups is 1. The van der Waals surface area contributed by atoms with E-state index in [9.17, 15) is 13.5 Å². The third-order valence-corrected chi connectivity index (χ3v) is 6.19. The second-order valence-electron chi connectivity index (χ2n) is 7.03. The zero-order valence-corrected chi connectivity index (χ0v) is 16.8. The van der Waals surface area contributed by atoms with Crippen LogP contribution in [0.2, 0.25) is 0 Å². The first-order valence-corrected chi connectivity index (χ1v) is 10.8. The van der Waals surface area contributed by atoms with Gasteiger partial charge in [-0.3, -0.25) is 10.7 Å². The molecule has 1 fully saturated rings. The third-order valence-electron chi connectivity index (χ3n) is 5.23. The van der Waals surface area contributed by atoms with E-state index in [0.29, 0.717) is 5.56 Å². The van der Waals surface area contributed by atoms with E-state index in [2.05, 4.69) is 15.4 Å². The van der Waals surface area contributed by atoms with Crippen LogP contribution in [0.3, 0.4) is 0 Å². The highest BCUT2D eigenvalue weighted by Gasteiger charge is 2.26. The maximum Gasteiger partial charge on any atom is 0.317 e. The van der Waals surface area contributed by atoms with Crippen molar-refractivity contribution in [2.45, 2.75) is 30.3 Å². The number of sulfonamides is 1. The van der Waals surface area contributed by atoms with Crippen molar-refractivity contribution in [1.29, 1.82) is 0 Å². The van der Waals surface area contributed by atoms with Crippen molar-refractivity contribution in [3.8, 4) is 11.1 Å². The number of aliphatic hydroxyl groups excluding tert-OH is 1. The predicted octanol–water partition coefficient (Wildman–Crippen LogP) is -1.88. The van der Waals surface area contributed by atoms with Gasteiger partial charge < -0.3 is 5.11 Å². The summed E-state index contributed by atoms with van der Waals surface area (Å²) in [5.41, 5.74) is 5.17. The molecule has 1 unspecified atom stereocenters. The van der Waals surface area contributed by atoms with Gasteiger partial charge in [0.05, 0.1) is 17.1 Å². The smallest absolute Gasteiger partial charge is 0.317 e. The van der Waals surface area contributed by atoms with Crippen LogP contribution in [0.15, 0.2) is 47.4 Å². The summed E-state index contributed by atoms with van der Waals surface area (Å²) < 4.78 is 24.2. The number of nitrogens with one attached hydrogen (secondary N) is 2. The van der Waals surface area contributed by atoms with Crippen molar-refractivity contribution < 1.29 is 18.6 Å². The van der Waals surface area contributed by atoms with E-state index in [1.54, 1.807) is 12.1 Å². The van der Waals surface area contributed by atoms with Crippen LogP contribution < -0.4 is 27.4 Å². The molecular formula is C19H27N6O3S+. The Morgan fingerprint density at radius 3 is 2.55 bits per heavy atom. The van der Waals surface area contributed by atoms with Crippen LogP contribution in [-0.2, 0) is 16.6 Å². The summed E-state index contributed by atoms with van der Waals surface area (Å²) in [5.74, 6) is 11.2. The van der Waals surface area contributed by atoms with E-state index < -0.39 is 10.0 Å². The van der Waals surface area contributed by atoms with Gasteiger partial charge in [-0.1, -0.05) is 36.4 Å². The van der Waals surface area contributed by atoms with Crippen molar-refractivity contribution in [2.24, 2.45) is 16.8 Å². The van der Waals surface area contributed by atoms with Crippen molar-refractivity contribution in [1.82, 2.24) is 10.3 Å². The minimum atomic E-state index is -4.00. The molecule has 9 N–H and O–H groups in total. The van der Waals surface area contributed by atoms with Crippen LogP contribution in [0.4, 0.5) is 0 Å². The molecule has 9 nitrogen and oxygen atoms in total. The van der Waals surface area contributed by atoms with Crippen LogP contribution in [0.1, 0.15) is 24.0 Å². The summed E-state index contributed by atoms with van der Waals surface area (Å²) in [6.45, 7) is 1.89. The molecule has 0 radical (unpaired) electrons. The number of hydrogen-bond donors (Lipinski definition) is 6. The van der Waals surface area contributed by atoms with Crippen LogP contribution in [0, 0.1) is 0 Å². The molecule has 29 heavy (non-hydrogen) atoms. The largest absolute Gasteiger partial charge is 0.395 e. The molecule has 0 bridgehead atoms. The normalized spacial score (nSPS) is 18.2. The minimum Gasteiger partial charge on any atom is -0.395 e. The van der Waals surface area contributed by atoms with Gasteiger partial charge in [-0.15, -0.1) is 0 Å². The van der Waals surface area contributed by atoms with Crippen molar-refractivity contribution >= 4 is 15.9 Å². The Hall–Kier alpha value is -2.50. The number of hydrazine groups is 2. The molecule has 1 aliphatic heterocycles. The van der Waals surface area contributed by atoms with Gasteiger partial charge in [0.2, 0.25) is 10.0 Å². The molecule has 1 atom stereocenters. The average molecular weight is 420 g/mol.